The van der Waals surface area contributed by atoms with Gasteiger partial charge in [0.15, 0.2) is 0 Å². The van der Waals surface area contributed by atoms with Gasteiger partial charge in [-0.1, -0.05) is 43.1 Å². The minimum Gasteiger partial charge on any atom is -0.352 e. The van der Waals surface area contributed by atoms with Crippen LogP contribution in [0.5, 0.6) is 0 Å². The normalized spacial score (nSPS) is 18.1. The average Bonchev–Trinajstić information content (AvgIpc) is 2.80. The lowest BCUT2D eigenvalue weighted by Crippen LogP contribution is -2.33. The molecule has 120 valence electrons. The molecule has 1 atom stereocenters. The lowest BCUT2D eigenvalue weighted by Gasteiger charge is -2.18. The predicted molar refractivity (Wildman–Crippen MR) is 87.8 cm³/mol. The van der Waals surface area contributed by atoms with Gasteiger partial charge in [-0.3, -0.25) is 9.59 Å². The van der Waals surface area contributed by atoms with Crippen LogP contribution in [0.3, 0.4) is 0 Å². The van der Waals surface area contributed by atoms with E-state index in [1.165, 1.54) is 0 Å². The van der Waals surface area contributed by atoms with Crippen LogP contribution in [0.15, 0.2) is 18.2 Å². The number of amides is 2. The second kappa shape index (κ2) is 7.34. The summed E-state index contributed by atoms with van der Waals surface area (Å²) in [7, 11) is 0. The maximum atomic E-state index is 12.2. The molecule has 1 aliphatic heterocycles. The van der Waals surface area contributed by atoms with Gasteiger partial charge in [0, 0.05) is 26.1 Å². The smallest absolute Gasteiger partial charge is 0.225 e. The van der Waals surface area contributed by atoms with E-state index in [2.05, 4.69) is 19.2 Å². The molecule has 0 bridgehead atoms. The van der Waals surface area contributed by atoms with Crippen molar-refractivity contribution in [3.05, 3.63) is 33.8 Å². The molecule has 1 aromatic carbocycles. The van der Waals surface area contributed by atoms with Crippen molar-refractivity contribution in [1.82, 2.24) is 10.2 Å². The Morgan fingerprint density at radius 1 is 1.36 bits per heavy atom. The largest absolute Gasteiger partial charge is 0.352 e. The number of likely N-dealkylation sites (tertiary alicyclic amines) is 1. The Morgan fingerprint density at radius 3 is 2.73 bits per heavy atom. The molecule has 1 heterocycles. The fraction of sp³-hybridized carbons (Fsp3) is 0.500. The number of halogens is 2. The number of nitrogens with one attached hydrogen (secondary N) is 1. The Hall–Kier alpha value is -1.26. The Morgan fingerprint density at radius 2 is 2.09 bits per heavy atom. The van der Waals surface area contributed by atoms with Gasteiger partial charge in [0.1, 0.15) is 0 Å². The quantitative estimate of drug-likeness (QED) is 0.893. The van der Waals surface area contributed by atoms with Crippen LogP contribution in [-0.2, 0) is 16.1 Å². The van der Waals surface area contributed by atoms with Crippen LogP contribution < -0.4 is 5.32 Å². The summed E-state index contributed by atoms with van der Waals surface area (Å²) < 4.78 is 0. The molecule has 4 nitrogen and oxygen atoms in total. The highest BCUT2D eigenvalue weighted by Crippen LogP contribution is 2.23. The summed E-state index contributed by atoms with van der Waals surface area (Å²) in [6.07, 6.45) is 0.292. The minimum atomic E-state index is -0.269. The maximum absolute atomic E-state index is 12.2. The van der Waals surface area contributed by atoms with Crippen molar-refractivity contribution >= 4 is 35.0 Å². The second-order valence-electron chi connectivity index (χ2n) is 6.06. The molecule has 6 heteroatoms. The third-order valence-electron chi connectivity index (χ3n) is 3.62. The molecule has 1 fully saturated rings. The van der Waals surface area contributed by atoms with Crippen molar-refractivity contribution in [1.29, 1.82) is 0 Å². The summed E-state index contributed by atoms with van der Waals surface area (Å²) in [6, 6.07) is 5.25. The Kier molecular flexibility index (Phi) is 5.70. The monoisotopic (exact) mass is 342 g/mol. The van der Waals surface area contributed by atoms with Crippen molar-refractivity contribution in [2.24, 2.45) is 11.8 Å². The molecule has 0 saturated carbocycles. The van der Waals surface area contributed by atoms with Crippen molar-refractivity contribution < 1.29 is 9.59 Å². The van der Waals surface area contributed by atoms with E-state index in [-0.39, 0.29) is 17.7 Å². The number of hydrogen-bond acceptors (Lipinski definition) is 2. The third kappa shape index (κ3) is 4.37. The van der Waals surface area contributed by atoms with E-state index in [0.29, 0.717) is 42.0 Å². The molecule has 0 aliphatic carbocycles. The van der Waals surface area contributed by atoms with Gasteiger partial charge in [-0.15, -0.1) is 0 Å². The first-order valence-electron chi connectivity index (χ1n) is 7.36. The maximum Gasteiger partial charge on any atom is 0.225 e. The van der Waals surface area contributed by atoms with Gasteiger partial charge in [-0.2, -0.15) is 0 Å². The minimum absolute atomic E-state index is 0.0587. The van der Waals surface area contributed by atoms with E-state index in [9.17, 15) is 9.59 Å². The van der Waals surface area contributed by atoms with E-state index in [4.69, 9.17) is 23.2 Å². The summed E-state index contributed by atoms with van der Waals surface area (Å²) in [5, 5.41) is 3.82. The number of nitrogens with zero attached hydrogens (tertiary/aromatic N) is 1. The highest BCUT2D eigenvalue weighted by Gasteiger charge is 2.34. The number of rotatable bonds is 5. The highest BCUT2D eigenvalue weighted by molar-refractivity contribution is 6.42. The zero-order chi connectivity index (χ0) is 16.3. The molecular formula is C16H20Cl2N2O2. The highest BCUT2D eigenvalue weighted by atomic mass is 35.5. The molecule has 22 heavy (non-hydrogen) atoms. The molecule has 1 N–H and O–H groups in total. The Balaban J connectivity index is 1.87. The Labute approximate surface area is 140 Å². The lowest BCUT2D eigenvalue weighted by atomic mass is 10.1. The number of carbonyl (C=O) groups excluding carboxylic acids is 2. The molecule has 2 amide bonds. The average molecular weight is 343 g/mol. The number of hydrogen-bond donors (Lipinski definition) is 1. The van der Waals surface area contributed by atoms with E-state index < -0.39 is 0 Å². The molecule has 0 radical (unpaired) electrons. The van der Waals surface area contributed by atoms with Crippen LogP contribution in [-0.4, -0.2) is 29.8 Å². The van der Waals surface area contributed by atoms with Gasteiger partial charge >= 0.3 is 0 Å². The molecule has 0 aromatic heterocycles. The van der Waals surface area contributed by atoms with Crippen LogP contribution in [0, 0.1) is 11.8 Å². The molecule has 2 rings (SSSR count). The summed E-state index contributed by atoms with van der Waals surface area (Å²) in [5.41, 5.74) is 0.881. The molecule has 0 spiro atoms. The predicted octanol–water partition coefficient (Wildman–Crippen LogP) is 3.11. The van der Waals surface area contributed by atoms with Crippen molar-refractivity contribution in [3.63, 3.8) is 0 Å². The fourth-order valence-electron chi connectivity index (χ4n) is 2.55. The standard InChI is InChI=1S/C16H20Cl2N2O2/c1-10(2)8-20-9-12(6-15(20)21)16(22)19-7-11-3-4-13(17)14(18)5-11/h3-5,10,12H,6-9H2,1-2H3,(H,19,22). The summed E-state index contributed by atoms with van der Waals surface area (Å²) in [6.45, 7) is 5.71. The SMILES string of the molecule is CC(C)CN1CC(C(=O)NCc2ccc(Cl)c(Cl)c2)CC1=O. The van der Waals surface area contributed by atoms with E-state index >= 15 is 0 Å². The van der Waals surface area contributed by atoms with Gasteiger partial charge in [-0.25, -0.2) is 0 Å². The van der Waals surface area contributed by atoms with Gasteiger partial charge in [0.2, 0.25) is 11.8 Å². The summed E-state index contributed by atoms with van der Waals surface area (Å²) in [4.78, 5) is 25.9. The van der Waals surface area contributed by atoms with Crippen molar-refractivity contribution in [2.45, 2.75) is 26.8 Å². The summed E-state index contributed by atoms with van der Waals surface area (Å²) >= 11 is 11.8. The van der Waals surface area contributed by atoms with Gasteiger partial charge < -0.3 is 10.2 Å². The van der Waals surface area contributed by atoms with E-state index in [0.717, 1.165) is 5.56 Å². The van der Waals surface area contributed by atoms with Crippen LogP contribution >= 0.6 is 23.2 Å². The van der Waals surface area contributed by atoms with Gasteiger partial charge in [0.25, 0.3) is 0 Å². The van der Waals surface area contributed by atoms with Crippen LogP contribution in [0.2, 0.25) is 10.0 Å². The first-order chi connectivity index (χ1) is 10.4. The second-order valence-corrected chi connectivity index (χ2v) is 6.87. The topological polar surface area (TPSA) is 49.4 Å². The first-order valence-corrected chi connectivity index (χ1v) is 8.12. The number of carbonyl (C=O) groups is 2. The number of benzene rings is 1. The fourth-order valence-corrected chi connectivity index (χ4v) is 2.87. The van der Waals surface area contributed by atoms with Crippen molar-refractivity contribution in [2.75, 3.05) is 13.1 Å². The zero-order valence-corrected chi connectivity index (χ0v) is 14.2. The van der Waals surface area contributed by atoms with E-state index in [1.807, 2.05) is 6.07 Å². The van der Waals surface area contributed by atoms with Gasteiger partial charge in [-0.05, 0) is 23.6 Å². The van der Waals surface area contributed by atoms with Crippen molar-refractivity contribution in [3.8, 4) is 0 Å². The first kappa shape index (κ1) is 17.1. The Bertz CT molecular complexity index is 575. The van der Waals surface area contributed by atoms with Gasteiger partial charge in [0.05, 0.1) is 16.0 Å². The lowest BCUT2D eigenvalue weighted by molar-refractivity contribution is -0.129. The van der Waals surface area contributed by atoms with Crippen LogP contribution in [0.25, 0.3) is 0 Å². The van der Waals surface area contributed by atoms with Crippen LogP contribution in [0.4, 0.5) is 0 Å². The summed E-state index contributed by atoms with van der Waals surface area (Å²) in [5.74, 6) is 0.102. The molecular weight excluding hydrogens is 323 g/mol. The third-order valence-corrected chi connectivity index (χ3v) is 4.36. The zero-order valence-electron chi connectivity index (χ0n) is 12.7. The van der Waals surface area contributed by atoms with E-state index in [1.54, 1.807) is 17.0 Å². The molecule has 1 unspecified atom stereocenters. The molecule has 1 saturated heterocycles. The molecule has 1 aromatic rings. The molecule has 1 aliphatic rings. The van der Waals surface area contributed by atoms with Crippen LogP contribution in [0.1, 0.15) is 25.8 Å².